The van der Waals surface area contributed by atoms with Gasteiger partial charge < -0.3 is 19.3 Å². The Morgan fingerprint density at radius 2 is 1.36 bits per heavy atom. The van der Waals surface area contributed by atoms with Crippen LogP contribution in [0.25, 0.3) is 10.8 Å². The van der Waals surface area contributed by atoms with Crippen molar-refractivity contribution in [1.29, 1.82) is 0 Å². The second-order valence-electron chi connectivity index (χ2n) is 8.83. The van der Waals surface area contributed by atoms with E-state index < -0.39 is 36.4 Å². The van der Waals surface area contributed by atoms with Gasteiger partial charge >= 0.3 is 11.9 Å². The number of esters is 2. The highest BCUT2D eigenvalue weighted by atomic mass is 16.6. The summed E-state index contributed by atoms with van der Waals surface area (Å²) < 4.78 is 18.1. The molecule has 0 aliphatic carbocycles. The third kappa shape index (κ3) is 4.81. The van der Waals surface area contributed by atoms with Crippen LogP contribution in [0.2, 0.25) is 0 Å². The molecule has 1 heterocycles. The van der Waals surface area contributed by atoms with Gasteiger partial charge in [-0.1, -0.05) is 66.7 Å². The summed E-state index contributed by atoms with van der Waals surface area (Å²) in [6.07, 6.45) is -2.61. The number of phenolic OH excluding ortho intramolecular Hbond substituents is 1. The van der Waals surface area contributed by atoms with Gasteiger partial charge in [0, 0.05) is 12.0 Å². The number of benzene rings is 4. The molecule has 36 heavy (non-hydrogen) atoms. The van der Waals surface area contributed by atoms with Gasteiger partial charge in [0.1, 0.15) is 11.9 Å². The highest BCUT2D eigenvalue weighted by Crippen LogP contribution is 2.42. The number of phenols is 1. The minimum atomic E-state index is -0.835. The van der Waals surface area contributed by atoms with Crippen LogP contribution in [0.4, 0.5) is 0 Å². The van der Waals surface area contributed by atoms with Gasteiger partial charge in [-0.2, -0.15) is 0 Å². The largest absolute Gasteiger partial charge is 0.508 e. The van der Waals surface area contributed by atoms with Crippen LogP contribution in [0.15, 0.2) is 97.1 Å². The Balaban J connectivity index is 1.47. The molecule has 0 spiro atoms. The van der Waals surface area contributed by atoms with Crippen LogP contribution in [-0.4, -0.2) is 35.4 Å². The Morgan fingerprint density at radius 3 is 2.03 bits per heavy atom. The van der Waals surface area contributed by atoms with E-state index in [1.54, 1.807) is 61.5 Å². The lowest BCUT2D eigenvalue weighted by atomic mass is 9.90. The maximum atomic E-state index is 13.0. The van der Waals surface area contributed by atoms with E-state index in [1.165, 1.54) is 0 Å². The average molecular weight is 483 g/mol. The number of hydrogen-bond donors (Lipinski definition) is 1. The maximum absolute atomic E-state index is 13.0. The smallest absolute Gasteiger partial charge is 0.338 e. The molecule has 5 rings (SSSR count). The maximum Gasteiger partial charge on any atom is 0.338 e. The predicted molar refractivity (Wildman–Crippen MR) is 135 cm³/mol. The number of ether oxygens (including phenoxy) is 3. The summed E-state index contributed by atoms with van der Waals surface area (Å²) in [5.74, 6) is -0.946. The average Bonchev–Trinajstić information content (AvgIpc) is 2.91. The summed E-state index contributed by atoms with van der Waals surface area (Å²) in [5.41, 5.74) is 1.41. The Labute approximate surface area is 209 Å². The molecule has 4 aromatic rings. The third-order valence-corrected chi connectivity index (χ3v) is 6.44. The Kier molecular flexibility index (Phi) is 6.69. The number of fused-ring (bicyclic) bond motifs is 1. The first-order valence-electron chi connectivity index (χ1n) is 11.9. The van der Waals surface area contributed by atoms with Gasteiger partial charge in [0.15, 0.2) is 6.10 Å². The first-order valence-corrected chi connectivity index (χ1v) is 11.9. The molecule has 1 fully saturated rings. The van der Waals surface area contributed by atoms with E-state index >= 15 is 0 Å². The normalized spacial score (nSPS) is 21.6. The zero-order valence-corrected chi connectivity index (χ0v) is 19.7. The fraction of sp³-hybridized carbons (Fsp3) is 0.200. The topological polar surface area (TPSA) is 82.1 Å². The summed E-state index contributed by atoms with van der Waals surface area (Å²) in [7, 11) is 0. The molecule has 0 amide bonds. The van der Waals surface area contributed by atoms with Crippen molar-refractivity contribution in [3.63, 3.8) is 0 Å². The summed E-state index contributed by atoms with van der Waals surface area (Å²) in [6.45, 7) is 1.78. The van der Waals surface area contributed by atoms with E-state index in [4.69, 9.17) is 14.2 Å². The molecule has 1 N–H and O–H groups in total. The van der Waals surface area contributed by atoms with Crippen LogP contribution in [0.3, 0.4) is 0 Å². The molecule has 1 aliphatic heterocycles. The quantitative estimate of drug-likeness (QED) is 0.360. The molecule has 0 bridgehead atoms. The van der Waals surface area contributed by atoms with Gasteiger partial charge in [-0.25, -0.2) is 9.59 Å². The van der Waals surface area contributed by atoms with Crippen LogP contribution in [0.1, 0.15) is 45.7 Å². The Morgan fingerprint density at radius 1 is 0.778 bits per heavy atom. The molecule has 4 atom stereocenters. The monoisotopic (exact) mass is 482 g/mol. The van der Waals surface area contributed by atoms with E-state index in [0.717, 1.165) is 10.8 Å². The fourth-order valence-corrected chi connectivity index (χ4v) is 4.68. The number of aromatic hydroxyl groups is 1. The van der Waals surface area contributed by atoms with Crippen LogP contribution in [0, 0.1) is 0 Å². The summed E-state index contributed by atoms with van der Waals surface area (Å²) in [4.78, 5) is 25.9. The molecule has 1 saturated heterocycles. The number of carbonyl (C=O) groups excluding carboxylic acids is 2. The van der Waals surface area contributed by atoms with Crippen molar-refractivity contribution in [2.24, 2.45) is 0 Å². The van der Waals surface area contributed by atoms with Crippen molar-refractivity contribution in [3.05, 3.63) is 114 Å². The number of hydrogen-bond acceptors (Lipinski definition) is 6. The molecule has 0 saturated carbocycles. The van der Waals surface area contributed by atoms with Crippen molar-refractivity contribution in [2.45, 2.75) is 37.8 Å². The van der Waals surface area contributed by atoms with Crippen molar-refractivity contribution in [3.8, 4) is 5.75 Å². The van der Waals surface area contributed by atoms with Gasteiger partial charge in [-0.05, 0) is 48.0 Å². The van der Waals surface area contributed by atoms with Gasteiger partial charge in [0.2, 0.25) is 0 Å². The minimum absolute atomic E-state index is 0.0961. The van der Waals surface area contributed by atoms with E-state index in [-0.39, 0.29) is 12.2 Å². The zero-order valence-electron chi connectivity index (χ0n) is 19.7. The highest BCUT2D eigenvalue weighted by molar-refractivity contribution is 5.91. The van der Waals surface area contributed by atoms with Crippen molar-refractivity contribution in [1.82, 2.24) is 0 Å². The molecule has 0 radical (unpaired) electrons. The van der Waals surface area contributed by atoms with Crippen LogP contribution in [-0.2, 0) is 14.2 Å². The van der Waals surface area contributed by atoms with Gasteiger partial charge in [-0.3, -0.25) is 0 Å². The zero-order chi connectivity index (χ0) is 25.1. The van der Waals surface area contributed by atoms with E-state index in [2.05, 4.69) is 0 Å². The first kappa shape index (κ1) is 23.6. The molecular weight excluding hydrogens is 456 g/mol. The van der Waals surface area contributed by atoms with Gasteiger partial charge in [0.05, 0.1) is 23.3 Å². The van der Waals surface area contributed by atoms with Crippen LogP contribution < -0.4 is 0 Å². The molecule has 1 aliphatic rings. The van der Waals surface area contributed by atoms with E-state index in [9.17, 15) is 14.7 Å². The molecule has 6 nitrogen and oxygen atoms in total. The van der Waals surface area contributed by atoms with Crippen molar-refractivity contribution < 1.29 is 28.9 Å². The van der Waals surface area contributed by atoms with Gasteiger partial charge in [-0.15, -0.1) is 0 Å². The second-order valence-corrected chi connectivity index (χ2v) is 8.83. The number of carbonyl (C=O) groups is 2. The summed E-state index contributed by atoms with van der Waals surface area (Å²) in [5, 5.41) is 12.6. The van der Waals surface area contributed by atoms with Crippen molar-refractivity contribution >= 4 is 22.7 Å². The van der Waals surface area contributed by atoms with E-state index in [1.807, 2.05) is 42.5 Å². The molecule has 4 unspecified atom stereocenters. The molecule has 6 heteroatoms. The lowest BCUT2D eigenvalue weighted by Crippen LogP contribution is -2.48. The molecular formula is C30H26O6. The van der Waals surface area contributed by atoms with Gasteiger partial charge in [0.25, 0.3) is 0 Å². The van der Waals surface area contributed by atoms with Crippen molar-refractivity contribution in [2.75, 3.05) is 0 Å². The number of rotatable bonds is 5. The molecule has 182 valence electrons. The standard InChI is InChI=1S/C30H26O6/c1-19-28(36-30(33)22-13-6-3-7-14-22)26(35-29(32)21-11-4-2-5-12-21)18-25(34-19)27-23-15-9-8-10-20(23)16-17-24(27)31/h2-17,19,25-26,28,31H,18H2,1H3. The predicted octanol–water partition coefficient (Wildman–Crippen LogP) is 5.85. The SMILES string of the molecule is CC1OC(c2c(O)ccc3ccccc23)CC(OC(=O)c2ccccc2)C1OC(=O)c1ccccc1. The van der Waals surface area contributed by atoms with Crippen LogP contribution >= 0.6 is 0 Å². The molecule has 4 aromatic carbocycles. The summed E-state index contributed by atoms with van der Waals surface area (Å²) in [6, 6.07) is 28.5. The summed E-state index contributed by atoms with van der Waals surface area (Å²) >= 11 is 0. The highest BCUT2D eigenvalue weighted by Gasteiger charge is 2.43. The lowest BCUT2D eigenvalue weighted by Gasteiger charge is -2.40. The Bertz CT molecular complexity index is 1370. The lowest BCUT2D eigenvalue weighted by molar-refractivity contribution is -0.167. The third-order valence-electron chi connectivity index (χ3n) is 6.44. The Hall–Kier alpha value is -4.16. The minimum Gasteiger partial charge on any atom is -0.508 e. The first-order chi connectivity index (χ1) is 17.5. The second kappa shape index (κ2) is 10.2. The van der Waals surface area contributed by atoms with Crippen LogP contribution in [0.5, 0.6) is 5.75 Å². The fourth-order valence-electron chi connectivity index (χ4n) is 4.68. The molecule has 0 aromatic heterocycles. The van der Waals surface area contributed by atoms with E-state index in [0.29, 0.717) is 16.7 Å².